The number of aryl methyl sites for hydroxylation is 1. The largest absolute Gasteiger partial charge is 0.378 e. The van der Waals surface area contributed by atoms with E-state index in [1.54, 1.807) is 11.3 Å². The van der Waals surface area contributed by atoms with Crippen molar-refractivity contribution in [2.75, 3.05) is 45.2 Å². The summed E-state index contributed by atoms with van der Waals surface area (Å²) in [6.45, 7) is 6.27. The van der Waals surface area contributed by atoms with Crippen molar-refractivity contribution in [2.45, 2.75) is 13.5 Å². The van der Waals surface area contributed by atoms with Crippen LogP contribution in [0.4, 0.5) is 5.69 Å². The van der Waals surface area contributed by atoms with Crippen molar-refractivity contribution in [1.82, 2.24) is 14.8 Å². The zero-order valence-corrected chi connectivity index (χ0v) is 15.3. The van der Waals surface area contributed by atoms with Gasteiger partial charge in [0.1, 0.15) is 0 Å². The van der Waals surface area contributed by atoms with E-state index in [2.05, 4.69) is 15.3 Å². The van der Waals surface area contributed by atoms with Crippen LogP contribution < -0.4 is 4.90 Å². The lowest BCUT2D eigenvalue weighted by molar-refractivity contribution is 0.0627. The maximum absolute atomic E-state index is 12.6. The van der Waals surface area contributed by atoms with Gasteiger partial charge in [-0.15, -0.1) is 11.3 Å². The zero-order valence-electron chi connectivity index (χ0n) is 14.5. The zero-order chi connectivity index (χ0) is 17.1. The van der Waals surface area contributed by atoms with Gasteiger partial charge in [0.05, 0.1) is 10.7 Å². The lowest BCUT2D eigenvalue weighted by Crippen LogP contribution is -2.48. The maximum Gasteiger partial charge on any atom is 0.253 e. The second-order valence-corrected chi connectivity index (χ2v) is 7.43. The highest BCUT2D eigenvalue weighted by Crippen LogP contribution is 2.16. The molecule has 2 aromatic rings. The molecule has 0 unspecified atom stereocenters. The third kappa shape index (κ3) is 3.94. The van der Waals surface area contributed by atoms with E-state index in [0.717, 1.165) is 54.7 Å². The fraction of sp³-hybridized carbons (Fsp3) is 0.444. The number of nitrogens with zero attached hydrogens (tertiary/aromatic N) is 4. The van der Waals surface area contributed by atoms with E-state index in [9.17, 15) is 4.79 Å². The molecule has 1 aromatic carbocycles. The minimum absolute atomic E-state index is 0.129. The Morgan fingerprint density at radius 3 is 2.38 bits per heavy atom. The monoisotopic (exact) mass is 344 g/mol. The van der Waals surface area contributed by atoms with Crippen LogP contribution in [0.25, 0.3) is 0 Å². The molecule has 1 saturated heterocycles. The second kappa shape index (κ2) is 7.32. The van der Waals surface area contributed by atoms with Gasteiger partial charge < -0.3 is 9.80 Å². The summed E-state index contributed by atoms with van der Waals surface area (Å²) in [5.41, 5.74) is 3.01. The van der Waals surface area contributed by atoms with Gasteiger partial charge in [0.15, 0.2) is 0 Å². The van der Waals surface area contributed by atoms with Crippen LogP contribution in [0.5, 0.6) is 0 Å². The van der Waals surface area contributed by atoms with Crippen LogP contribution in [0.3, 0.4) is 0 Å². The van der Waals surface area contributed by atoms with Crippen LogP contribution in [0.15, 0.2) is 29.6 Å². The molecule has 2 heterocycles. The van der Waals surface area contributed by atoms with Crippen molar-refractivity contribution < 1.29 is 4.79 Å². The first-order chi connectivity index (χ1) is 11.5. The fourth-order valence-corrected chi connectivity index (χ4v) is 3.51. The van der Waals surface area contributed by atoms with Crippen molar-refractivity contribution in [1.29, 1.82) is 0 Å². The van der Waals surface area contributed by atoms with Gasteiger partial charge in [-0.05, 0) is 31.2 Å². The molecule has 6 heteroatoms. The molecule has 1 aliphatic heterocycles. The summed E-state index contributed by atoms with van der Waals surface area (Å²) in [7, 11) is 4.00. The molecular formula is C18H24N4OS. The molecule has 0 radical (unpaired) electrons. The molecule has 0 N–H and O–H groups in total. The first kappa shape index (κ1) is 16.9. The molecule has 0 spiro atoms. The van der Waals surface area contributed by atoms with Crippen LogP contribution in [-0.2, 0) is 6.54 Å². The lowest BCUT2D eigenvalue weighted by atomic mass is 10.1. The number of anilines is 1. The SMILES string of the molecule is Cc1nc(CN2CCN(C(=O)c3ccc(N(C)C)cc3)CC2)cs1. The Morgan fingerprint density at radius 2 is 1.83 bits per heavy atom. The summed E-state index contributed by atoms with van der Waals surface area (Å²) in [6, 6.07) is 7.83. The fourth-order valence-electron chi connectivity index (χ4n) is 2.90. The van der Waals surface area contributed by atoms with Gasteiger partial charge in [0, 0.05) is 63.5 Å². The quantitative estimate of drug-likeness (QED) is 0.854. The molecule has 5 nitrogen and oxygen atoms in total. The first-order valence-corrected chi connectivity index (χ1v) is 9.11. The molecule has 0 atom stereocenters. The van der Waals surface area contributed by atoms with Crippen molar-refractivity contribution in [3.63, 3.8) is 0 Å². The average Bonchev–Trinajstić information content (AvgIpc) is 3.00. The summed E-state index contributed by atoms with van der Waals surface area (Å²) in [5.74, 6) is 0.129. The molecule has 0 aliphatic carbocycles. The Balaban J connectivity index is 1.54. The summed E-state index contributed by atoms with van der Waals surface area (Å²) >= 11 is 1.69. The number of rotatable bonds is 4. The lowest BCUT2D eigenvalue weighted by Gasteiger charge is -2.34. The molecule has 1 fully saturated rings. The van der Waals surface area contributed by atoms with E-state index in [4.69, 9.17) is 0 Å². The molecule has 1 amide bonds. The van der Waals surface area contributed by atoms with E-state index in [1.165, 1.54) is 0 Å². The highest BCUT2D eigenvalue weighted by Gasteiger charge is 2.22. The molecule has 128 valence electrons. The topological polar surface area (TPSA) is 39.7 Å². The van der Waals surface area contributed by atoms with E-state index in [-0.39, 0.29) is 5.91 Å². The van der Waals surface area contributed by atoms with Crippen LogP contribution in [0, 0.1) is 6.92 Å². The predicted octanol–water partition coefficient (Wildman–Crippen LogP) is 2.48. The number of carbonyl (C=O) groups is 1. The predicted molar refractivity (Wildman–Crippen MR) is 98.8 cm³/mol. The number of thiazole rings is 1. The standard InChI is InChI=1S/C18H24N4OS/c1-14-19-16(13-24-14)12-21-8-10-22(11-9-21)18(23)15-4-6-17(7-5-15)20(2)3/h4-7,13H,8-12H2,1-3H3. The number of hydrogen-bond donors (Lipinski definition) is 0. The first-order valence-electron chi connectivity index (χ1n) is 8.23. The number of carbonyl (C=O) groups excluding carboxylic acids is 1. The van der Waals surface area contributed by atoms with Gasteiger partial charge in [0.2, 0.25) is 0 Å². The summed E-state index contributed by atoms with van der Waals surface area (Å²) in [5, 5.41) is 3.24. The maximum atomic E-state index is 12.6. The van der Waals surface area contributed by atoms with Gasteiger partial charge in [-0.25, -0.2) is 4.98 Å². The highest BCUT2D eigenvalue weighted by molar-refractivity contribution is 7.09. The Hall–Kier alpha value is -1.92. The second-order valence-electron chi connectivity index (χ2n) is 6.37. The van der Waals surface area contributed by atoms with Gasteiger partial charge in [-0.1, -0.05) is 0 Å². The van der Waals surface area contributed by atoms with E-state index in [0.29, 0.717) is 0 Å². The number of piperazine rings is 1. The number of amides is 1. The molecule has 1 aliphatic rings. The van der Waals surface area contributed by atoms with Crippen LogP contribution in [0.2, 0.25) is 0 Å². The molecule has 3 rings (SSSR count). The van der Waals surface area contributed by atoms with E-state index >= 15 is 0 Å². The van der Waals surface area contributed by atoms with Gasteiger partial charge in [-0.2, -0.15) is 0 Å². The third-order valence-corrected chi connectivity index (χ3v) is 5.16. The Bertz CT molecular complexity index is 687. The van der Waals surface area contributed by atoms with Gasteiger partial charge in [-0.3, -0.25) is 9.69 Å². The smallest absolute Gasteiger partial charge is 0.253 e. The van der Waals surface area contributed by atoms with Crippen LogP contribution >= 0.6 is 11.3 Å². The minimum Gasteiger partial charge on any atom is -0.378 e. The molecule has 0 bridgehead atoms. The third-order valence-electron chi connectivity index (χ3n) is 4.34. The van der Waals surface area contributed by atoms with Gasteiger partial charge >= 0.3 is 0 Å². The molecule has 1 aromatic heterocycles. The normalized spacial score (nSPS) is 15.5. The van der Waals surface area contributed by atoms with Crippen LogP contribution in [-0.4, -0.2) is 61.0 Å². The number of benzene rings is 1. The van der Waals surface area contributed by atoms with Gasteiger partial charge in [0.25, 0.3) is 5.91 Å². The average molecular weight is 344 g/mol. The summed E-state index contributed by atoms with van der Waals surface area (Å²) < 4.78 is 0. The Labute approximate surface area is 147 Å². The van der Waals surface area contributed by atoms with Crippen LogP contribution in [0.1, 0.15) is 21.1 Å². The van der Waals surface area contributed by atoms with Crippen molar-refractivity contribution in [2.24, 2.45) is 0 Å². The van der Waals surface area contributed by atoms with Crippen molar-refractivity contribution >= 4 is 22.9 Å². The Morgan fingerprint density at radius 1 is 1.17 bits per heavy atom. The highest BCUT2D eigenvalue weighted by atomic mass is 32.1. The number of hydrogen-bond acceptors (Lipinski definition) is 5. The molecule has 0 saturated carbocycles. The Kier molecular flexibility index (Phi) is 5.16. The summed E-state index contributed by atoms with van der Waals surface area (Å²) in [6.07, 6.45) is 0. The summed E-state index contributed by atoms with van der Waals surface area (Å²) in [4.78, 5) is 23.5. The number of aromatic nitrogens is 1. The van der Waals surface area contributed by atoms with Crippen molar-refractivity contribution in [3.05, 3.63) is 45.9 Å². The minimum atomic E-state index is 0.129. The molecule has 24 heavy (non-hydrogen) atoms. The van der Waals surface area contributed by atoms with Crippen molar-refractivity contribution in [3.8, 4) is 0 Å². The van der Waals surface area contributed by atoms with E-state index < -0.39 is 0 Å². The molecular weight excluding hydrogens is 320 g/mol. The van der Waals surface area contributed by atoms with E-state index in [1.807, 2.05) is 55.1 Å².